The lowest BCUT2D eigenvalue weighted by Crippen LogP contribution is -2.06. The lowest BCUT2D eigenvalue weighted by molar-refractivity contribution is 0.0987. The quantitative estimate of drug-likeness (QED) is 0.691. The average molecular weight is 283 g/mol. The van der Waals surface area contributed by atoms with Gasteiger partial charge in [0.25, 0.3) is 0 Å². The molecule has 0 amide bonds. The van der Waals surface area contributed by atoms with E-state index in [1.807, 2.05) is 42.6 Å². The Balaban J connectivity index is 1.78. The molecule has 3 aromatic rings. The van der Waals surface area contributed by atoms with Crippen LogP contribution in [0.15, 0.2) is 48.0 Å². The Kier molecular flexibility index (Phi) is 3.43. The number of para-hydroxylation sites is 1. The Morgan fingerprint density at radius 3 is 2.75 bits per heavy atom. The maximum absolute atomic E-state index is 12.2. The summed E-state index contributed by atoms with van der Waals surface area (Å²) in [4.78, 5) is 16.5. The molecule has 0 aliphatic carbocycles. The number of benzene rings is 1. The molecule has 0 spiro atoms. The van der Waals surface area contributed by atoms with Crippen LogP contribution in [-0.4, -0.2) is 20.5 Å². The Morgan fingerprint density at radius 2 is 2.05 bits per heavy atom. The second-order valence-corrected chi connectivity index (χ2v) is 5.50. The summed E-state index contributed by atoms with van der Waals surface area (Å²) in [5, 5.41) is 7.22. The highest BCUT2D eigenvalue weighted by Crippen LogP contribution is 2.12. The van der Waals surface area contributed by atoms with Crippen molar-refractivity contribution >= 4 is 17.1 Å². The number of Topliss-reactive ketones (excluding diaryl/α,β-unsaturated/α-hetero) is 1. The molecule has 100 valence electrons. The zero-order valence-electron chi connectivity index (χ0n) is 11.0. The van der Waals surface area contributed by atoms with E-state index in [1.54, 1.807) is 28.3 Å². The summed E-state index contributed by atoms with van der Waals surface area (Å²) in [6, 6.07) is 11.5. The molecule has 5 heteroatoms. The summed E-state index contributed by atoms with van der Waals surface area (Å²) in [7, 11) is 0. The van der Waals surface area contributed by atoms with Crippen LogP contribution in [0.3, 0.4) is 0 Å². The highest BCUT2D eigenvalue weighted by Gasteiger charge is 2.12. The van der Waals surface area contributed by atoms with E-state index >= 15 is 0 Å². The minimum Gasteiger partial charge on any atom is -0.292 e. The predicted molar refractivity (Wildman–Crippen MR) is 78.4 cm³/mol. The summed E-state index contributed by atoms with van der Waals surface area (Å²) in [5.74, 6) is -0.00928. The van der Waals surface area contributed by atoms with Gasteiger partial charge in [-0.25, -0.2) is 9.67 Å². The van der Waals surface area contributed by atoms with E-state index in [-0.39, 0.29) is 5.78 Å². The van der Waals surface area contributed by atoms with Gasteiger partial charge < -0.3 is 0 Å². The van der Waals surface area contributed by atoms with E-state index < -0.39 is 0 Å². The number of thiazole rings is 1. The van der Waals surface area contributed by atoms with E-state index in [0.717, 1.165) is 16.4 Å². The topological polar surface area (TPSA) is 47.8 Å². The number of ketones is 1. The molecule has 2 heterocycles. The van der Waals surface area contributed by atoms with Crippen molar-refractivity contribution in [1.82, 2.24) is 14.8 Å². The van der Waals surface area contributed by atoms with Crippen molar-refractivity contribution in [2.24, 2.45) is 0 Å². The van der Waals surface area contributed by atoms with Gasteiger partial charge in [-0.1, -0.05) is 18.2 Å². The molecule has 4 nitrogen and oxygen atoms in total. The molecule has 3 rings (SSSR count). The van der Waals surface area contributed by atoms with E-state index in [9.17, 15) is 4.79 Å². The van der Waals surface area contributed by atoms with Gasteiger partial charge in [-0.3, -0.25) is 4.79 Å². The number of rotatable bonds is 4. The van der Waals surface area contributed by atoms with E-state index in [1.165, 1.54) is 0 Å². The Hall–Kier alpha value is -2.27. The fourth-order valence-corrected chi connectivity index (χ4v) is 2.55. The zero-order chi connectivity index (χ0) is 13.9. The summed E-state index contributed by atoms with van der Waals surface area (Å²) in [6.07, 6.45) is 2.10. The number of carbonyl (C=O) groups excluding carboxylic acids is 1. The molecule has 0 saturated carbocycles. The summed E-state index contributed by atoms with van der Waals surface area (Å²) in [6.45, 7) is 1.93. The Bertz CT molecular complexity index is 730. The fourth-order valence-electron chi connectivity index (χ4n) is 1.94. The van der Waals surface area contributed by atoms with Crippen molar-refractivity contribution in [3.05, 3.63) is 64.4 Å². The number of aryl methyl sites for hydroxylation is 1. The molecule has 2 aromatic heterocycles. The van der Waals surface area contributed by atoms with Gasteiger partial charge in [0.2, 0.25) is 0 Å². The van der Waals surface area contributed by atoms with Crippen LogP contribution in [-0.2, 0) is 6.42 Å². The fraction of sp³-hybridized carbons (Fsp3) is 0.133. The van der Waals surface area contributed by atoms with Crippen molar-refractivity contribution < 1.29 is 4.79 Å². The molecule has 1 aromatic carbocycles. The van der Waals surface area contributed by atoms with Crippen LogP contribution in [0.4, 0.5) is 0 Å². The number of hydrogen-bond acceptors (Lipinski definition) is 4. The maximum Gasteiger partial charge on any atom is 0.189 e. The first-order valence-corrected chi connectivity index (χ1v) is 7.15. The van der Waals surface area contributed by atoms with Crippen LogP contribution in [0, 0.1) is 6.92 Å². The molecular formula is C15H13N3OS. The van der Waals surface area contributed by atoms with Crippen molar-refractivity contribution in [2.45, 2.75) is 13.3 Å². The van der Waals surface area contributed by atoms with Crippen LogP contribution < -0.4 is 0 Å². The van der Waals surface area contributed by atoms with Crippen molar-refractivity contribution in [3.63, 3.8) is 0 Å². The third-order valence-electron chi connectivity index (χ3n) is 2.90. The number of carbonyl (C=O) groups is 1. The molecule has 0 aliphatic rings. The van der Waals surface area contributed by atoms with Crippen LogP contribution in [0.5, 0.6) is 0 Å². The largest absolute Gasteiger partial charge is 0.292 e. The second kappa shape index (κ2) is 5.38. The molecule has 0 bridgehead atoms. The highest BCUT2D eigenvalue weighted by molar-refractivity contribution is 7.09. The van der Waals surface area contributed by atoms with Gasteiger partial charge in [-0.05, 0) is 25.1 Å². The molecule has 0 unspecified atom stereocenters. The molecule has 0 fully saturated rings. The third kappa shape index (κ3) is 2.67. The summed E-state index contributed by atoms with van der Waals surface area (Å²) in [5.41, 5.74) is 2.22. The van der Waals surface area contributed by atoms with Gasteiger partial charge >= 0.3 is 0 Å². The molecule has 0 N–H and O–H groups in total. The predicted octanol–water partition coefficient (Wildman–Crippen LogP) is 3.06. The van der Waals surface area contributed by atoms with Gasteiger partial charge in [0, 0.05) is 11.6 Å². The molecule has 0 aliphatic heterocycles. The van der Waals surface area contributed by atoms with Crippen LogP contribution in [0.25, 0.3) is 5.69 Å². The first-order chi connectivity index (χ1) is 9.72. The van der Waals surface area contributed by atoms with Crippen LogP contribution in [0.1, 0.15) is 21.2 Å². The van der Waals surface area contributed by atoms with Crippen molar-refractivity contribution in [3.8, 4) is 5.69 Å². The summed E-state index contributed by atoms with van der Waals surface area (Å²) >= 11 is 1.55. The SMILES string of the molecule is Cc1nc(CC(=O)c2ccn(-c3ccccc3)n2)cs1. The third-order valence-corrected chi connectivity index (χ3v) is 3.73. The number of aromatic nitrogens is 3. The van der Waals surface area contributed by atoms with Gasteiger partial charge in [0.15, 0.2) is 5.78 Å². The van der Waals surface area contributed by atoms with Crippen LogP contribution in [0.2, 0.25) is 0 Å². The Morgan fingerprint density at radius 1 is 1.25 bits per heavy atom. The van der Waals surface area contributed by atoms with Crippen molar-refractivity contribution in [1.29, 1.82) is 0 Å². The molecular weight excluding hydrogens is 270 g/mol. The number of hydrogen-bond donors (Lipinski definition) is 0. The lowest BCUT2D eigenvalue weighted by atomic mass is 10.2. The molecule has 0 radical (unpaired) electrons. The van der Waals surface area contributed by atoms with Crippen LogP contribution >= 0.6 is 11.3 Å². The lowest BCUT2D eigenvalue weighted by Gasteiger charge is -1.99. The van der Waals surface area contributed by atoms with Gasteiger partial charge in [0.05, 0.1) is 22.8 Å². The first kappa shape index (κ1) is 12.7. The molecule has 20 heavy (non-hydrogen) atoms. The normalized spacial score (nSPS) is 10.7. The zero-order valence-corrected chi connectivity index (χ0v) is 11.8. The van der Waals surface area contributed by atoms with E-state index in [0.29, 0.717) is 12.1 Å². The molecule has 0 saturated heterocycles. The number of nitrogens with zero attached hydrogens (tertiary/aromatic N) is 3. The summed E-state index contributed by atoms with van der Waals surface area (Å²) < 4.78 is 1.71. The second-order valence-electron chi connectivity index (χ2n) is 4.44. The van der Waals surface area contributed by atoms with Gasteiger partial charge in [0.1, 0.15) is 5.69 Å². The first-order valence-electron chi connectivity index (χ1n) is 6.28. The van der Waals surface area contributed by atoms with E-state index in [2.05, 4.69) is 10.1 Å². The monoisotopic (exact) mass is 283 g/mol. The van der Waals surface area contributed by atoms with Crippen molar-refractivity contribution in [2.75, 3.05) is 0 Å². The van der Waals surface area contributed by atoms with Gasteiger partial charge in [-0.15, -0.1) is 11.3 Å². The average Bonchev–Trinajstić information content (AvgIpc) is 3.09. The minimum atomic E-state index is -0.00928. The minimum absolute atomic E-state index is 0.00928. The standard InChI is InChI=1S/C15H13N3OS/c1-11-16-12(10-20-11)9-15(19)14-7-8-18(17-14)13-5-3-2-4-6-13/h2-8,10H,9H2,1H3. The Labute approximate surface area is 120 Å². The maximum atomic E-state index is 12.2. The smallest absolute Gasteiger partial charge is 0.189 e. The molecule has 0 atom stereocenters. The van der Waals surface area contributed by atoms with Gasteiger partial charge in [-0.2, -0.15) is 5.10 Å². The highest BCUT2D eigenvalue weighted by atomic mass is 32.1. The van der Waals surface area contributed by atoms with E-state index in [4.69, 9.17) is 0 Å².